The number of nitrogens with zero attached hydrogens (tertiary/aromatic N) is 2. The second kappa shape index (κ2) is 9.86. The summed E-state index contributed by atoms with van der Waals surface area (Å²) in [5, 5.41) is 0. The van der Waals surface area contributed by atoms with Gasteiger partial charge in [0.1, 0.15) is 11.3 Å². The maximum Gasteiger partial charge on any atom is 0.460 e. The van der Waals surface area contributed by atoms with Gasteiger partial charge in [-0.25, -0.2) is 14.8 Å². The molecule has 0 spiro atoms. The molecule has 0 saturated heterocycles. The van der Waals surface area contributed by atoms with Crippen LogP contribution in [-0.4, -0.2) is 58.3 Å². The normalized spacial score (nSPS) is 14.3. The summed E-state index contributed by atoms with van der Waals surface area (Å²) in [6.45, 7) is 0.286. The molecule has 5 nitrogen and oxygen atoms in total. The summed E-state index contributed by atoms with van der Waals surface area (Å²) in [6.07, 6.45) is -7.74. The van der Waals surface area contributed by atoms with E-state index in [1.807, 2.05) is 0 Å². The molecule has 0 unspecified atom stereocenters. The zero-order valence-corrected chi connectivity index (χ0v) is 19.1. The highest BCUT2D eigenvalue weighted by molar-refractivity contribution is 5.97. The fourth-order valence-electron chi connectivity index (χ4n) is 3.02. The number of hydrogen-bond donors (Lipinski definition) is 1. The maximum atomic E-state index is 15.0. The van der Waals surface area contributed by atoms with Crippen LogP contribution in [0.3, 0.4) is 0 Å². The molecule has 0 aliphatic rings. The SMILES string of the molecule is CCOC(=O)c1c(-c2ccccc2)nc(N)nc1C(F)(F)C(F)(F)C(F)(F)C(F)(F)C(F)(F)C(F)(F)C(F)(F)F. The Kier molecular flexibility index (Phi) is 8.07. The van der Waals surface area contributed by atoms with Crippen molar-refractivity contribution in [3.63, 3.8) is 0 Å². The Bertz CT molecular complexity index is 1250. The molecule has 0 bridgehead atoms. The van der Waals surface area contributed by atoms with Crippen molar-refractivity contribution in [1.82, 2.24) is 9.97 Å². The average molecular weight is 611 g/mol. The fourth-order valence-corrected chi connectivity index (χ4v) is 3.02. The van der Waals surface area contributed by atoms with E-state index in [0.29, 0.717) is 0 Å². The third-order valence-electron chi connectivity index (χ3n) is 5.08. The summed E-state index contributed by atoms with van der Waals surface area (Å²) in [7, 11) is 0. The lowest BCUT2D eigenvalue weighted by molar-refractivity contribution is -0.454. The number of nitrogens with two attached hydrogens (primary N) is 1. The molecule has 1 heterocycles. The van der Waals surface area contributed by atoms with E-state index >= 15 is 8.78 Å². The largest absolute Gasteiger partial charge is 0.462 e. The Hall–Kier alpha value is -3.48. The molecule has 1 aromatic heterocycles. The number of nitrogen functional groups attached to an aromatic ring is 1. The van der Waals surface area contributed by atoms with Gasteiger partial charge in [0.25, 0.3) is 0 Å². The number of ether oxygens (including phenoxy) is 1. The fraction of sp³-hybridized carbons (Fsp3) is 0.450. The van der Waals surface area contributed by atoms with Crippen LogP contribution in [0.5, 0.6) is 0 Å². The van der Waals surface area contributed by atoms with Crippen molar-refractivity contribution in [3.8, 4) is 11.3 Å². The summed E-state index contributed by atoms with van der Waals surface area (Å²) in [6, 6.07) is 5.45. The van der Waals surface area contributed by atoms with Crippen LogP contribution in [0.25, 0.3) is 11.3 Å². The molecule has 0 atom stereocenters. The monoisotopic (exact) mass is 611 g/mol. The van der Waals surface area contributed by atoms with Crippen molar-refractivity contribution in [1.29, 1.82) is 0 Å². The second-order valence-electron chi connectivity index (χ2n) is 7.68. The topological polar surface area (TPSA) is 78.1 Å². The van der Waals surface area contributed by atoms with Crippen molar-refractivity contribution in [2.75, 3.05) is 12.3 Å². The molecule has 2 N–H and O–H groups in total. The van der Waals surface area contributed by atoms with E-state index in [2.05, 4.69) is 14.7 Å². The molecule has 0 fully saturated rings. The average Bonchev–Trinajstić information content (AvgIpc) is 2.82. The van der Waals surface area contributed by atoms with Crippen molar-refractivity contribution in [2.45, 2.75) is 48.6 Å². The number of esters is 1. The number of benzene rings is 1. The first kappa shape index (κ1) is 32.7. The molecule has 2 rings (SSSR count). The molecule has 0 aliphatic heterocycles. The van der Waals surface area contributed by atoms with E-state index in [0.717, 1.165) is 31.2 Å². The first-order valence-corrected chi connectivity index (χ1v) is 10.1. The van der Waals surface area contributed by atoms with Gasteiger partial charge in [-0.3, -0.25) is 0 Å². The van der Waals surface area contributed by atoms with Gasteiger partial charge in [0.05, 0.1) is 12.3 Å². The van der Waals surface area contributed by atoms with E-state index in [-0.39, 0.29) is 0 Å². The standard InChI is InChI=1S/C20H12F15N3O2/c1-2-40-12(39)9-10(8-6-4-3-5-7-8)37-13(36)38-11(9)14(21,22)15(23,24)16(25,26)17(27,28)18(29,30)19(31,32)20(33,34)35/h3-7H,2H2,1H3,(H2,36,37,38). The molecule has 224 valence electrons. The Labute approximate surface area is 212 Å². The molecular weight excluding hydrogens is 599 g/mol. The Morgan fingerprint density at radius 2 is 1.18 bits per heavy atom. The van der Waals surface area contributed by atoms with E-state index in [9.17, 15) is 61.9 Å². The van der Waals surface area contributed by atoms with Gasteiger partial charge in [0, 0.05) is 5.56 Å². The summed E-state index contributed by atoms with van der Waals surface area (Å²) in [4.78, 5) is 18.2. The Morgan fingerprint density at radius 3 is 1.62 bits per heavy atom. The third kappa shape index (κ3) is 4.63. The lowest BCUT2D eigenvalue weighted by Crippen LogP contribution is -2.72. The number of rotatable bonds is 9. The summed E-state index contributed by atoms with van der Waals surface area (Å²) >= 11 is 0. The van der Waals surface area contributed by atoms with Crippen molar-refractivity contribution < 1.29 is 75.4 Å². The summed E-state index contributed by atoms with van der Waals surface area (Å²) < 4.78 is 210. The highest BCUT2D eigenvalue weighted by Crippen LogP contribution is 2.64. The molecule has 0 saturated carbocycles. The Morgan fingerprint density at radius 1 is 0.725 bits per heavy atom. The molecular formula is C20H12F15N3O2. The van der Waals surface area contributed by atoms with Gasteiger partial charge in [-0.05, 0) is 6.92 Å². The third-order valence-corrected chi connectivity index (χ3v) is 5.08. The van der Waals surface area contributed by atoms with E-state index in [1.165, 1.54) is 6.07 Å². The summed E-state index contributed by atoms with van der Waals surface area (Å²) in [5.41, 5.74) is -1.35. The first-order valence-electron chi connectivity index (χ1n) is 10.1. The van der Waals surface area contributed by atoms with Crippen LogP contribution >= 0.6 is 0 Å². The van der Waals surface area contributed by atoms with Crippen LogP contribution in [-0.2, 0) is 10.7 Å². The number of hydrogen-bond acceptors (Lipinski definition) is 5. The molecule has 0 amide bonds. The number of carbonyl (C=O) groups excluding carboxylic acids is 1. The van der Waals surface area contributed by atoms with Crippen LogP contribution in [0.2, 0.25) is 0 Å². The lowest BCUT2D eigenvalue weighted by atomic mass is 9.88. The second-order valence-corrected chi connectivity index (χ2v) is 7.68. The highest BCUT2D eigenvalue weighted by Gasteiger charge is 2.93. The smallest absolute Gasteiger partial charge is 0.460 e. The number of aromatic nitrogens is 2. The van der Waals surface area contributed by atoms with Crippen molar-refractivity contribution in [3.05, 3.63) is 41.6 Å². The molecule has 40 heavy (non-hydrogen) atoms. The van der Waals surface area contributed by atoms with Gasteiger partial charge in [-0.15, -0.1) is 0 Å². The van der Waals surface area contributed by atoms with Crippen LogP contribution in [0.1, 0.15) is 23.0 Å². The van der Waals surface area contributed by atoms with Crippen LogP contribution in [0.4, 0.5) is 71.8 Å². The number of alkyl halides is 15. The zero-order chi connectivity index (χ0) is 31.3. The van der Waals surface area contributed by atoms with Gasteiger partial charge in [-0.2, -0.15) is 65.9 Å². The number of halogens is 15. The summed E-state index contributed by atoms with van der Waals surface area (Å²) in [5.74, 6) is -52.1. The highest BCUT2D eigenvalue weighted by atomic mass is 19.4. The van der Waals surface area contributed by atoms with Crippen LogP contribution in [0, 0.1) is 0 Å². The molecule has 20 heteroatoms. The van der Waals surface area contributed by atoms with Crippen LogP contribution in [0.15, 0.2) is 30.3 Å². The first-order chi connectivity index (χ1) is 17.8. The molecule has 0 aliphatic carbocycles. The number of carbonyl (C=O) groups is 1. The minimum atomic E-state index is -8.52. The molecule has 1 aromatic carbocycles. The maximum absolute atomic E-state index is 15.0. The van der Waals surface area contributed by atoms with Gasteiger partial charge in [0.2, 0.25) is 5.95 Å². The van der Waals surface area contributed by atoms with Gasteiger partial charge in [0.15, 0.2) is 0 Å². The van der Waals surface area contributed by atoms with Crippen molar-refractivity contribution >= 4 is 11.9 Å². The van der Waals surface area contributed by atoms with Gasteiger partial charge in [-0.1, -0.05) is 30.3 Å². The minimum Gasteiger partial charge on any atom is -0.462 e. The van der Waals surface area contributed by atoms with Gasteiger partial charge >= 0.3 is 47.7 Å². The van der Waals surface area contributed by atoms with E-state index < -0.39 is 82.8 Å². The Balaban J connectivity index is 2.91. The molecule has 2 aromatic rings. The van der Waals surface area contributed by atoms with E-state index in [4.69, 9.17) is 5.73 Å². The predicted molar refractivity (Wildman–Crippen MR) is 103 cm³/mol. The van der Waals surface area contributed by atoms with Crippen LogP contribution < -0.4 is 5.73 Å². The van der Waals surface area contributed by atoms with Gasteiger partial charge < -0.3 is 10.5 Å². The number of anilines is 1. The zero-order valence-electron chi connectivity index (χ0n) is 19.1. The predicted octanol–water partition coefficient (Wildman–Crippen LogP) is 6.73. The molecule has 0 radical (unpaired) electrons. The quantitative estimate of drug-likeness (QED) is 0.251. The lowest BCUT2D eigenvalue weighted by Gasteiger charge is -2.41. The minimum absolute atomic E-state index is 0.450. The van der Waals surface area contributed by atoms with Crippen molar-refractivity contribution in [2.24, 2.45) is 0 Å². The van der Waals surface area contributed by atoms with E-state index in [1.54, 1.807) is 0 Å².